The van der Waals surface area contributed by atoms with Crippen LogP contribution in [0.4, 0.5) is 9.59 Å². The normalized spacial score (nSPS) is 17.8. The summed E-state index contributed by atoms with van der Waals surface area (Å²) in [4.78, 5) is 75.7. The van der Waals surface area contributed by atoms with E-state index >= 15 is 0 Å². The van der Waals surface area contributed by atoms with Crippen molar-refractivity contribution < 1.29 is 28.7 Å². The Morgan fingerprint density at radius 3 is 1.62 bits per heavy atom. The Labute approximate surface area is 337 Å². The maximum Gasteiger partial charge on any atom is 0.407 e. The number of carbonyl (C=O) groups excluding carboxylic acids is 4. The second-order valence-electron chi connectivity index (χ2n) is 15.7. The molecule has 304 valence electrons. The topological polar surface area (TPSA) is 188 Å². The maximum absolute atomic E-state index is 13.6. The van der Waals surface area contributed by atoms with Crippen molar-refractivity contribution in [3.8, 4) is 33.6 Å². The quantitative estimate of drug-likeness (QED) is 0.112. The summed E-state index contributed by atoms with van der Waals surface area (Å²) in [6, 6.07) is 14.6. The Morgan fingerprint density at radius 2 is 1.12 bits per heavy atom. The number of fused-ring (bicyclic) bond motifs is 1. The Balaban J connectivity index is 1.02. The third kappa shape index (κ3) is 8.25. The highest BCUT2D eigenvalue weighted by Crippen LogP contribution is 2.35. The molecule has 58 heavy (non-hydrogen) atoms. The van der Waals surface area contributed by atoms with Crippen LogP contribution in [-0.4, -0.2) is 98.1 Å². The van der Waals surface area contributed by atoms with Gasteiger partial charge in [0.1, 0.15) is 23.7 Å². The molecule has 15 nitrogen and oxygen atoms in total. The minimum absolute atomic E-state index is 0.108. The molecule has 15 heteroatoms. The van der Waals surface area contributed by atoms with Gasteiger partial charge in [-0.05, 0) is 60.8 Å². The lowest BCUT2D eigenvalue weighted by Crippen LogP contribution is -2.51. The molecule has 0 aliphatic carbocycles. The molecule has 4 amide bonds. The number of ether oxygens (including phenoxy) is 2. The molecular formula is C43H51N9O6. The van der Waals surface area contributed by atoms with Gasteiger partial charge in [-0.3, -0.25) is 14.6 Å². The van der Waals surface area contributed by atoms with E-state index in [1.807, 2.05) is 64.2 Å². The van der Waals surface area contributed by atoms with Crippen molar-refractivity contribution in [3.05, 3.63) is 78.8 Å². The van der Waals surface area contributed by atoms with Crippen LogP contribution in [0, 0.1) is 11.8 Å². The van der Waals surface area contributed by atoms with Gasteiger partial charge in [-0.1, -0.05) is 64.1 Å². The van der Waals surface area contributed by atoms with Crippen LogP contribution in [0.1, 0.15) is 77.1 Å². The zero-order valence-corrected chi connectivity index (χ0v) is 33.7. The molecule has 2 aromatic carbocycles. The molecule has 0 radical (unpaired) electrons. The lowest BCUT2D eigenvalue weighted by Gasteiger charge is -2.30. The fourth-order valence-corrected chi connectivity index (χ4v) is 7.98. The van der Waals surface area contributed by atoms with E-state index in [9.17, 15) is 19.2 Å². The van der Waals surface area contributed by atoms with Gasteiger partial charge in [-0.15, -0.1) is 0 Å². The first kappa shape index (κ1) is 40.0. The maximum atomic E-state index is 13.6. The molecule has 2 saturated heterocycles. The smallest absolute Gasteiger partial charge is 0.407 e. The number of aromatic amines is 2. The number of aromatic nitrogens is 5. The number of methoxy groups -OCH3 is 2. The monoisotopic (exact) mass is 789 g/mol. The zero-order chi connectivity index (χ0) is 41.1. The second kappa shape index (κ2) is 17.1. The fourth-order valence-electron chi connectivity index (χ4n) is 7.98. The van der Waals surface area contributed by atoms with Crippen LogP contribution in [0.3, 0.4) is 0 Å². The Morgan fingerprint density at radius 1 is 0.638 bits per heavy atom. The molecule has 0 spiro atoms. The predicted molar refractivity (Wildman–Crippen MR) is 218 cm³/mol. The molecular weight excluding hydrogens is 739 g/mol. The first-order chi connectivity index (χ1) is 27.9. The zero-order valence-electron chi connectivity index (χ0n) is 33.7. The van der Waals surface area contributed by atoms with E-state index in [0.29, 0.717) is 18.9 Å². The molecule has 2 fully saturated rings. The van der Waals surface area contributed by atoms with E-state index in [-0.39, 0.29) is 35.7 Å². The van der Waals surface area contributed by atoms with Crippen LogP contribution >= 0.6 is 0 Å². The fraction of sp³-hybridized carbons (Fsp3) is 0.419. The molecule has 4 N–H and O–H groups in total. The molecule has 5 heterocycles. The number of H-pyrrole nitrogens is 2. The number of nitrogens with one attached hydrogen (secondary N) is 4. The second-order valence-corrected chi connectivity index (χ2v) is 15.7. The first-order valence-corrected chi connectivity index (χ1v) is 19.9. The standard InChI is InChI=1S/C43H51N9O6/c1-24(2)36(49-42(55)57-5)40(53)51-17-7-9-34(51)38-45-22-32(47-38)27-13-11-26(12-14-27)30-19-28-15-16-29(20-31(28)44-21-30)33-23-46-39(48-33)35-10-8-18-52(35)41(54)37(25(3)4)50-43(56)58-6/h11-16,19-25,34-37H,7-10,17-18H2,1-6H3,(H,45,47)(H,46,48)(H,49,55)(H,50,56)/t34-,35-,36-,37?/m0/s1. The molecule has 7 rings (SSSR count). The number of amides is 4. The average molecular weight is 790 g/mol. The number of hydrogen-bond donors (Lipinski definition) is 4. The highest BCUT2D eigenvalue weighted by Gasteiger charge is 2.39. The van der Waals surface area contributed by atoms with Gasteiger partial charge in [-0.25, -0.2) is 19.6 Å². The average Bonchev–Trinajstić information content (AvgIpc) is 4.07. The summed E-state index contributed by atoms with van der Waals surface area (Å²) < 4.78 is 9.52. The summed E-state index contributed by atoms with van der Waals surface area (Å²) in [6.45, 7) is 8.77. The van der Waals surface area contributed by atoms with Crippen molar-refractivity contribution in [2.45, 2.75) is 77.5 Å². The summed E-state index contributed by atoms with van der Waals surface area (Å²) >= 11 is 0. The number of benzene rings is 2. The number of carbonyl (C=O) groups is 4. The van der Waals surface area contributed by atoms with E-state index < -0.39 is 24.3 Å². The highest BCUT2D eigenvalue weighted by molar-refractivity contribution is 5.88. The number of imidazole rings is 2. The van der Waals surface area contributed by atoms with Gasteiger partial charge >= 0.3 is 12.2 Å². The largest absolute Gasteiger partial charge is 0.453 e. The van der Waals surface area contributed by atoms with Crippen LogP contribution in [0.5, 0.6) is 0 Å². The van der Waals surface area contributed by atoms with Crippen molar-refractivity contribution in [2.75, 3.05) is 27.3 Å². The number of alkyl carbamates (subject to hydrolysis) is 2. The summed E-state index contributed by atoms with van der Waals surface area (Å²) in [5, 5.41) is 6.38. The molecule has 4 atom stereocenters. The van der Waals surface area contributed by atoms with Crippen LogP contribution in [0.15, 0.2) is 67.1 Å². The minimum atomic E-state index is -0.696. The molecule has 2 aliphatic rings. The summed E-state index contributed by atoms with van der Waals surface area (Å²) in [7, 11) is 2.58. The number of pyridine rings is 1. The van der Waals surface area contributed by atoms with Crippen LogP contribution < -0.4 is 10.6 Å². The van der Waals surface area contributed by atoms with Crippen molar-refractivity contribution in [1.82, 2.24) is 45.4 Å². The van der Waals surface area contributed by atoms with Gasteiger partial charge in [-0.2, -0.15) is 0 Å². The first-order valence-electron chi connectivity index (χ1n) is 19.9. The van der Waals surface area contributed by atoms with Crippen molar-refractivity contribution in [1.29, 1.82) is 0 Å². The third-order valence-corrected chi connectivity index (χ3v) is 11.2. The van der Waals surface area contributed by atoms with Gasteiger partial charge in [0, 0.05) is 35.8 Å². The van der Waals surface area contributed by atoms with Crippen molar-refractivity contribution in [3.63, 3.8) is 0 Å². The number of likely N-dealkylation sites (tertiary alicyclic amines) is 2. The highest BCUT2D eigenvalue weighted by atomic mass is 16.5. The Hall–Kier alpha value is -6.25. The van der Waals surface area contributed by atoms with E-state index in [0.717, 1.165) is 76.1 Å². The number of hydrogen-bond acceptors (Lipinski definition) is 9. The molecule has 0 saturated carbocycles. The van der Waals surface area contributed by atoms with Gasteiger partial charge in [0.15, 0.2) is 0 Å². The SMILES string of the molecule is COC(=O)NC(C(=O)N1CCC[C@H]1c1ncc(-c2ccc3cc(-c4ccc(-c5cnc([C@@H]6CCCN6C(=O)[C@@H](NC(=O)OC)C(C)C)[nH]5)cc4)cnc3c2)[nH]1)C(C)C. The molecule has 1 unspecified atom stereocenters. The molecule has 2 aliphatic heterocycles. The Bertz CT molecular complexity index is 2280. The van der Waals surface area contributed by atoms with Crippen LogP contribution in [-0.2, 0) is 19.1 Å². The van der Waals surface area contributed by atoms with Gasteiger partial charge in [0.25, 0.3) is 0 Å². The van der Waals surface area contributed by atoms with Gasteiger partial charge in [0.05, 0.1) is 55.6 Å². The lowest BCUT2D eigenvalue weighted by molar-refractivity contribution is -0.136. The molecule has 3 aromatic heterocycles. The van der Waals surface area contributed by atoms with E-state index in [1.54, 1.807) is 22.2 Å². The molecule has 5 aromatic rings. The van der Waals surface area contributed by atoms with E-state index in [2.05, 4.69) is 48.8 Å². The predicted octanol–water partition coefficient (Wildman–Crippen LogP) is 6.77. The minimum Gasteiger partial charge on any atom is -0.453 e. The van der Waals surface area contributed by atoms with E-state index in [4.69, 9.17) is 14.5 Å². The van der Waals surface area contributed by atoms with Crippen LogP contribution in [0.2, 0.25) is 0 Å². The van der Waals surface area contributed by atoms with Crippen molar-refractivity contribution in [2.24, 2.45) is 11.8 Å². The number of nitrogens with zero attached hydrogens (tertiary/aromatic N) is 5. The lowest BCUT2D eigenvalue weighted by atomic mass is 10.0. The summed E-state index contributed by atoms with van der Waals surface area (Å²) in [6.07, 6.45) is 7.43. The van der Waals surface area contributed by atoms with Crippen LogP contribution in [0.25, 0.3) is 44.5 Å². The van der Waals surface area contributed by atoms with Gasteiger partial charge < -0.3 is 39.9 Å². The van der Waals surface area contributed by atoms with Crippen molar-refractivity contribution >= 4 is 34.9 Å². The molecule has 0 bridgehead atoms. The summed E-state index contributed by atoms with van der Waals surface area (Å²) in [5.74, 6) is 0.914. The Kier molecular flexibility index (Phi) is 11.8. The van der Waals surface area contributed by atoms with E-state index in [1.165, 1.54) is 14.2 Å². The third-order valence-electron chi connectivity index (χ3n) is 11.2. The van der Waals surface area contributed by atoms with Gasteiger partial charge in [0.2, 0.25) is 11.8 Å². The summed E-state index contributed by atoms with van der Waals surface area (Å²) in [5.41, 5.74) is 6.41. The number of rotatable bonds is 11.